The topological polar surface area (TPSA) is 49.4 Å². The second-order valence-electron chi connectivity index (χ2n) is 3.31. The van der Waals surface area contributed by atoms with E-state index in [0.29, 0.717) is 12.8 Å². The third-order valence-corrected chi connectivity index (χ3v) is 2.26. The first-order valence-corrected chi connectivity index (χ1v) is 4.78. The van der Waals surface area contributed by atoms with E-state index < -0.39 is 5.91 Å². The van der Waals surface area contributed by atoms with Gasteiger partial charge < -0.3 is 10.2 Å². The molecule has 0 atom stereocenters. The zero-order valence-electron chi connectivity index (χ0n) is 7.79. The molecule has 1 heterocycles. The van der Waals surface area contributed by atoms with E-state index >= 15 is 0 Å². The summed E-state index contributed by atoms with van der Waals surface area (Å²) in [6.45, 7) is 4.00. The lowest BCUT2D eigenvalue weighted by atomic mass is 10.4. The van der Waals surface area contributed by atoms with Crippen molar-refractivity contribution in [2.75, 3.05) is 26.2 Å². The van der Waals surface area contributed by atoms with Gasteiger partial charge in [0, 0.05) is 6.54 Å². The smallest absolute Gasteiger partial charge is 0.284 e. The van der Waals surface area contributed by atoms with Crippen LogP contribution in [0, 0.1) is 0 Å². The van der Waals surface area contributed by atoms with Gasteiger partial charge in [0.25, 0.3) is 5.91 Å². The maximum absolute atomic E-state index is 10.5. The van der Waals surface area contributed by atoms with Gasteiger partial charge in [-0.05, 0) is 38.9 Å². The molecule has 0 aromatic rings. The molecule has 1 aliphatic heterocycles. The van der Waals surface area contributed by atoms with Gasteiger partial charge in [0.15, 0.2) is 0 Å². The Labute approximate surface area is 78.3 Å². The first-order chi connectivity index (χ1) is 6.33. The van der Waals surface area contributed by atoms with E-state index in [4.69, 9.17) is 0 Å². The summed E-state index contributed by atoms with van der Waals surface area (Å²) in [7, 11) is 0. The van der Waals surface area contributed by atoms with Crippen molar-refractivity contribution in [3.8, 4) is 0 Å². The Kier molecular flexibility index (Phi) is 4.46. The first-order valence-electron chi connectivity index (χ1n) is 4.78. The summed E-state index contributed by atoms with van der Waals surface area (Å²) in [6.07, 6.45) is 3.83. The van der Waals surface area contributed by atoms with Gasteiger partial charge in [-0.25, -0.2) is 0 Å². The second kappa shape index (κ2) is 5.70. The highest BCUT2D eigenvalue weighted by Crippen LogP contribution is 2.06. The Morgan fingerprint density at radius 3 is 2.69 bits per heavy atom. The van der Waals surface area contributed by atoms with E-state index in [9.17, 15) is 9.59 Å². The molecule has 4 nitrogen and oxygen atoms in total. The van der Waals surface area contributed by atoms with Crippen LogP contribution in [0.4, 0.5) is 0 Å². The first kappa shape index (κ1) is 10.2. The fourth-order valence-corrected chi connectivity index (χ4v) is 1.56. The summed E-state index contributed by atoms with van der Waals surface area (Å²) in [5.41, 5.74) is 0. The maximum Gasteiger partial charge on any atom is 0.284 e. The number of hydrogen-bond acceptors (Lipinski definition) is 3. The molecular weight excluding hydrogens is 168 g/mol. The Balaban J connectivity index is 1.94. The minimum Gasteiger partial charge on any atom is -0.350 e. The van der Waals surface area contributed by atoms with Crippen LogP contribution in [0.5, 0.6) is 0 Å². The zero-order valence-corrected chi connectivity index (χ0v) is 7.79. The number of amides is 1. The summed E-state index contributed by atoms with van der Waals surface area (Å²) < 4.78 is 0. The Bertz CT molecular complexity index is 176. The van der Waals surface area contributed by atoms with E-state index in [2.05, 4.69) is 10.2 Å². The molecule has 1 rings (SSSR count). The molecule has 74 valence electrons. The van der Waals surface area contributed by atoms with Crippen LogP contribution in [-0.4, -0.2) is 43.3 Å². The average molecular weight is 184 g/mol. The molecule has 1 N–H and O–H groups in total. The van der Waals surface area contributed by atoms with Crippen LogP contribution in [0.25, 0.3) is 0 Å². The van der Waals surface area contributed by atoms with Gasteiger partial charge in [-0.2, -0.15) is 0 Å². The van der Waals surface area contributed by atoms with Gasteiger partial charge in [0.2, 0.25) is 6.29 Å². The lowest BCUT2D eigenvalue weighted by Crippen LogP contribution is -2.29. The highest BCUT2D eigenvalue weighted by Gasteiger charge is 2.10. The molecule has 1 saturated heterocycles. The molecule has 1 amide bonds. The molecule has 0 spiro atoms. The van der Waals surface area contributed by atoms with Gasteiger partial charge in [0.05, 0.1) is 0 Å². The predicted molar refractivity (Wildman–Crippen MR) is 49.4 cm³/mol. The number of hydrogen-bond donors (Lipinski definition) is 1. The Morgan fingerprint density at radius 2 is 2.08 bits per heavy atom. The second-order valence-corrected chi connectivity index (χ2v) is 3.31. The quantitative estimate of drug-likeness (QED) is 0.365. The van der Waals surface area contributed by atoms with Crippen LogP contribution in [0.2, 0.25) is 0 Å². The number of carbonyl (C=O) groups is 2. The Hall–Kier alpha value is -0.900. The average Bonchev–Trinajstić information content (AvgIpc) is 2.64. The molecule has 4 heteroatoms. The van der Waals surface area contributed by atoms with E-state index in [1.807, 2.05) is 0 Å². The molecule has 1 fully saturated rings. The third kappa shape index (κ3) is 4.03. The molecule has 1 aliphatic rings. The van der Waals surface area contributed by atoms with Crippen LogP contribution < -0.4 is 5.32 Å². The van der Waals surface area contributed by atoms with Crippen LogP contribution in [0.3, 0.4) is 0 Å². The molecule has 0 saturated carbocycles. The van der Waals surface area contributed by atoms with Crippen molar-refractivity contribution in [3.05, 3.63) is 0 Å². The van der Waals surface area contributed by atoms with Gasteiger partial charge >= 0.3 is 0 Å². The van der Waals surface area contributed by atoms with Crippen LogP contribution in [0.15, 0.2) is 0 Å². The fourth-order valence-electron chi connectivity index (χ4n) is 1.56. The molecular formula is C9H16N2O2. The maximum atomic E-state index is 10.5. The van der Waals surface area contributed by atoms with Crippen molar-refractivity contribution in [1.29, 1.82) is 0 Å². The van der Waals surface area contributed by atoms with Crippen molar-refractivity contribution in [2.45, 2.75) is 19.3 Å². The standard InChI is InChI=1S/C9H16N2O2/c12-8-9(13)10-4-3-7-11-5-1-2-6-11/h8H,1-7H2,(H,10,13). The minimum absolute atomic E-state index is 0.315. The summed E-state index contributed by atoms with van der Waals surface area (Å²) in [5.74, 6) is -0.513. The van der Waals surface area contributed by atoms with E-state index in [0.717, 1.165) is 13.0 Å². The number of likely N-dealkylation sites (tertiary alicyclic amines) is 1. The molecule has 0 bridgehead atoms. The highest BCUT2D eigenvalue weighted by atomic mass is 16.2. The molecule has 0 radical (unpaired) electrons. The highest BCUT2D eigenvalue weighted by molar-refractivity contribution is 6.23. The summed E-state index contributed by atoms with van der Waals surface area (Å²) in [5, 5.41) is 2.52. The minimum atomic E-state index is -0.513. The van der Waals surface area contributed by atoms with Crippen molar-refractivity contribution in [3.63, 3.8) is 0 Å². The fraction of sp³-hybridized carbons (Fsp3) is 0.778. The van der Waals surface area contributed by atoms with Crippen LogP contribution in [-0.2, 0) is 9.59 Å². The number of rotatable bonds is 5. The third-order valence-electron chi connectivity index (χ3n) is 2.26. The molecule has 0 aromatic heterocycles. The van der Waals surface area contributed by atoms with Crippen LogP contribution in [0.1, 0.15) is 19.3 Å². The lowest BCUT2D eigenvalue weighted by molar-refractivity contribution is -0.131. The molecule has 0 aromatic carbocycles. The van der Waals surface area contributed by atoms with E-state index in [1.54, 1.807) is 0 Å². The lowest BCUT2D eigenvalue weighted by Gasteiger charge is -2.13. The van der Waals surface area contributed by atoms with Crippen molar-refractivity contribution < 1.29 is 9.59 Å². The summed E-state index contributed by atoms with van der Waals surface area (Å²) >= 11 is 0. The van der Waals surface area contributed by atoms with Gasteiger partial charge in [-0.3, -0.25) is 9.59 Å². The number of aldehydes is 1. The predicted octanol–water partition coefficient (Wildman–Crippen LogP) is -0.213. The summed E-state index contributed by atoms with van der Waals surface area (Å²) in [6, 6.07) is 0. The number of nitrogens with one attached hydrogen (secondary N) is 1. The SMILES string of the molecule is O=CC(=O)NCCCN1CCCC1. The molecule has 13 heavy (non-hydrogen) atoms. The van der Waals surface area contributed by atoms with Gasteiger partial charge in [-0.1, -0.05) is 0 Å². The van der Waals surface area contributed by atoms with Crippen molar-refractivity contribution in [1.82, 2.24) is 10.2 Å². The van der Waals surface area contributed by atoms with Crippen molar-refractivity contribution in [2.24, 2.45) is 0 Å². The van der Waals surface area contributed by atoms with Crippen LogP contribution >= 0.6 is 0 Å². The van der Waals surface area contributed by atoms with Crippen molar-refractivity contribution >= 4 is 12.2 Å². The molecule has 0 unspecified atom stereocenters. The molecule has 0 aliphatic carbocycles. The zero-order chi connectivity index (χ0) is 9.52. The monoisotopic (exact) mass is 184 g/mol. The summed E-state index contributed by atoms with van der Waals surface area (Å²) in [4.78, 5) is 22.8. The number of nitrogens with zero attached hydrogens (tertiary/aromatic N) is 1. The van der Waals surface area contributed by atoms with E-state index in [-0.39, 0.29) is 0 Å². The van der Waals surface area contributed by atoms with E-state index in [1.165, 1.54) is 25.9 Å². The number of carbonyl (C=O) groups excluding carboxylic acids is 2. The largest absolute Gasteiger partial charge is 0.350 e. The Morgan fingerprint density at radius 1 is 1.38 bits per heavy atom. The normalized spacial score (nSPS) is 17.2. The van der Waals surface area contributed by atoms with Gasteiger partial charge in [0.1, 0.15) is 0 Å². The van der Waals surface area contributed by atoms with Gasteiger partial charge in [-0.15, -0.1) is 0 Å².